The minimum Gasteiger partial charge on any atom is -0.465 e. The van der Waals surface area contributed by atoms with E-state index in [0.29, 0.717) is 16.9 Å². The molecule has 1 spiro atoms. The van der Waals surface area contributed by atoms with Crippen molar-refractivity contribution in [3.63, 3.8) is 0 Å². The molecule has 2 aromatic carbocycles. The van der Waals surface area contributed by atoms with E-state index in [0.717, 1.165) is 0 Å². The number of nitrogens with one attached hydrogen (secondary N) is 2. The van der Waals surface area contributed by atoms with Gasteiger partial charge in [-0.1, -0.05) is 36.4 Å². The Bertz CT molecular complexity index is 967. The van der Waals surface area contributed by atoms with Crippen molar-refractivity contribution in [2.45, 2.75) is 5.60 Å². The largest absolute Gasteiger partial charge is 0.465 e. The maximum absolute atomic E-state index is 12.8. The first-order chi connectivity index (χ1) is 12.6. The van der Waals surface area contributed by atoms with Gasteiger partial charge in [0.1, 0.15) is 11.3 Å². The highest BCUT2D eigenvalue weighted by Crippen LogP contribution is 2.49. The second-order valence-electron chi connectivity index (χ2n) is 5.80. The first-order valence-corrected chi connectivity index (χ1v) is 7.87. The predicted molar refractivity (Wildman–Crippen MR) is 91.9 cm³/mol. The Morgan fingerprint density at radius 1 is 1.08 bits per heavy atom. The van der Waals surface area contributed by atoms with Crippen molar-refractivity contribution >= 4 is 29.2 Å². The number of hydrogen-bond donors (Lipinski definition) is 2. The molecule has 2 N–H and O–H groups in total. The maximum atomic E-state index is 12.8. The van der Waals surface area contributed by atoms with Crippen LogP contribution < -0.4 is 10.6 Å². The molecule has 0 fully saturated rings. The monoisotopic (exact) mass is 350 g/mol. The van der Waals surface area contributed by atoms with Crippen LogP contribution in [0.1, 0.15) is 5.56 Å². The lowest BCUT2D eigenvalue weighted by molar-refractivity contribution is -0.156. The smallest absolute Gasteiger partial charge is 0.357 e. The second kappa shape index (κ2) is 5.73. The number of esters is 2. The fourth-order valence-electron chi connectivity index (χ4n) is 3.23. The summed E-state index contributed by atoms with van der Waals surface area (Å²) in [6.45, 7) is 0. The predicted octanol–water partition coefficient (Wildman–Crippen LogP) is 1.93. The third-order valence-corrected chi connectivity index (χ3v) is 4.36. The minimum atomic E-state index is -1.86. The Kier molecular flexibility index (Phi) is 3.50. The highest BCUT2D eigenvalue weighted by Gasteiger charge is 2.62. The standard InChI is InChI=1S/C19H14N2O5/c1-25-16(22)14-15(20-11-7-3-2-4-8-11)17(23)26-19(14)12-9-5-6-10-13(12)21-18(19)24/h2-10,20H,1H3,(H,21,24)/t19-/m0/s1. The van der Waals surface area contributed by atoms with Crippen molar-refractivity contribution in [3.8, 4) is 0 Å². The molecule has 0 aromatic heterocycles. The Morgan fingerprint density at radius 2 is 1.77 bits per heavy atom. The third-order valence-electron chi connectivity index (χ3n) is 4.36. The number of methoxy groups -OCH3 is 1. The summed E-state index contributed by atoms with van der Waals surface area (Å²) in [5, 5.41) is 5.54. The molecule has 130 valence electrons. The Hall–Kier alpha value is -3.61. The van der Waals surface area contributed by atoms with Gasteiger partial charge in [-0.15, -0.1) is 0 Å². The van der Waals surface area contributed by atoms with Crippen LogP contribution in [0, 0.1) is 0 Å². The second-order valence-corrected chi connectivity index (χ2v) is 5.80. The summed E-state index contributed by atoms with van der Waals surface area (Å²) < 4.78 is 10.3. The first-order valence-electron chi connectivity index (χ1n) is 7.87. The molecule has 2 aliphatic heterocycles. The zero-order valence-electron chi connectivity index (χ0n) is 13.7. The van der Waals surface area contributed by atoms with Gasteiger partial charge in [0.2, 0.25) is 0 Å². The highest BCUT2D eigenvalue weighted by atomic mass is 16.6. The van der Waals surface area contributed by atoms with Gasteiger partial charge in [-0.05, 0) is 18.2 Å². The van der Waals surface area contributed by atoms with Crippen LogP contribution in [0.3, 0.4) is 0 Å². The molecule has 7 heteroatoms. The molecule has 1 atom stereocenters. The Labute approximate surface area is 148 Å². The molecular formula is C19H14N2O5. The molecular weight excluding hydrogens is 336 g/mol. The number of ether oxygens (including phenoxy) is 2. The van der Waals surface area contributed by atoms with E-state index >= 15 is 0 Å². The number of benzene rings is 2. The van der Waals surface area contributed by atoms with Crippen molar-refractivity contribution in [2.75, 3.05) is 17.7 Å². The summed E-state index contributed by atoms with van der Waals surface area (Å²) in [5.74, 6) is -2.24. The number of carbonyl (C=O) groups is 3. The number of carbonyl (C=O) groups excluding carboxylic acids is 3. The summed E-state index contributed by atoms with van der Waals surface area (Å²) in [7, 11) is 1.19. The number of fused-ring (bicyclic) bond motifs is 2. The van der Waals surface area contributed by atoms with Crippen LogP contribution in [-0.4, -0.2) is 25.0 Å². The van der Waals surface area contributed by atoms with Gasteiger partial charge in [0.15, 0.2) is 0 Å². The molecule has 0 radical (unpaired) electrons. The summed E-state index contributed by atoms with van der Waals surface area (Å²) in [6, 6.07) is 15.6. The van der Waals surface area contributed by atoms with Crippen LogP contribution in [0.4, 0.5) is 11.4 Å². The van der Waals surface area contributed by atoms with E-state index in [1.165, 1.54) is 7.11 Å². The fraction of sp³-hybridized carbons (Fsp3) is 0.105. The lowest BCUT2D eigenvalue weighted by Crippen LogP contribution is -2.39. The molecule has 7 nitrogen and oxygen atoms in total. The van der Waals surface area contributed by atoms with E-state index in [4.69, 9.17) is 9.47 Å². The maximum Gasteiger partial charge on any atom is 0.357 e. The van der Waals surface area contributed by atoms with E-state index in [2.05, 4.69) is 10.6 Å². The number of amides is 1. The van der Waals surface area contributed by atoms with Crippen molar-refractivity contribution in [3.05, 3.63) is 71.4 Å². The van der Waals surface area contributed by atoms with Gasteiger partial charge in [-0.25, -0.2) is 9.59 Å². The average molecular weight is 350 g/mol. The fourth-order valence-corrected chi connectivity index (χ4v) is 3.23. The van der Waals surface area contributed by atoms with Crippen LogP contribution >= 0.6 is 0 Å². The SMILES string of the molecule is COC(=O)C1=C(Nc2ccccc2)C(=O)O[C@]12C(=O)Nc1ccccc12. The van der Waals surface area contributed by atoms with Crippen molar-refractivity contribution in [2.24, 2.45) is 0 Å². The van der Waals surface area contributed by atoms with E-state index in [1.54, 1.807) is 48.5 Å². The number of anilines is 2. The third kappa shape index (κ3) is 2.10. The molecule has 2 aromatic rings. The van der Waals surface area contributed by atoms with Crippen LogP contribution in [-0.2, 0) is 29.5 Å². The molecule has 2 heterocycles. The lowest BCUT2D eigenvalue weighted by Gasteiger charge is -2.22. The molecule has 2 aliphatic rings. The van der Waals surface area contributed by atoms with Gasteiger partial charge in [-0.3, -0.25) is 4.79 Å². The van der Waals surface area contributed by atoms with Crippen LogP contribution in [0.2, 0.25) is 0 Å². The Balaban J connectivity index is 1.93. The van der Waals surface area contributed by atoms with Crippen LogP contribution in [0.25, 0.3) is 0 Å². The molecule has 0 bridgehead atoms. The van der Waals surface area contributed by atoms with Gasteiger partial charge in [-0.2, -0.15) is 0 Å². The molecule has 1 amide bonds. The molecule has 0 saturated carbocycles. The average Bonchev–Trinajstić information content (AvgIpc) is 3.10. The summed E-state index contributed by atoms with van der Waals surface area (Å²) in [5.41, 5.74) is -0.704. The highest BCUT2D eigenvalue weighted by molar-refractivity contribution is 6.19. The summed E-state index contributed by atoms with van der Waals surface area (Å²) >= 11 is 0. The van der Waals surface area contributed by atoms with Crippen LogP contribution in [0.5, 0.6) is 0 Å². The van der Waals surface area contributed by atoms with Crippen LogP contribution in [0.15, 0.2) is 65.9 Å². The molecule has 0 saturated heterocycles. The molecule has 0 aliphatic carbocycles. The van der Waals surface area contributed by atoms with Gasteiger partial charge in [0.05, 0.1) is 7.11 Å². The summed E-state index contributed by atoms with van der Waals surface area (Å²) in [4.78, 5) is 37.9. The Morgan fingerprint density at radius 3 is 2.50 bits per heavy atom. The lowest BCUT2D eigenvalue weighted by atomic mass is 9.87. The number of para-hydroxylation sites is 2. The van der Waals surface area contributed by atoms with Gasteiger partial charge < -0.3 is 20.1 Å². The quantitative estimate of drug-likeness (QED) is 0.822. The number of hydrogen-bond acceptors (Lipinski definition) is 6. The zero-order chi connectivity index (χ0) is 18.3. The molecule has 4 rings (SSSR count). The van der Waals surface area contributed by atoms with E-state index in [-0.39, 0.29) is 11.3 Å². The van der Waals surface area contributed by atoms with Crippen molar-refractivity contribution < 1.29 is 23.9 Å². The number of rotatable bonds is 3. The van der Waals surface area contributed by atoms with E-state index < -0.39 is 23.4 Å². The van der Waals surface area contributed by atoms with Crippen molar-refractivity contribution in [1.29, 1.82) is 0 Å². The van der Waals surface area contributed by atoms with Gasteiger partial charge in [0.25, 0.3) is 11.5 Å². The van der Waals surface area contributed by atoms with E-state index in [1.807, 2.05) is 6.07 Å². The molecule has 0 unspecified atom stereocenters. The normalized spacial score (nSPS) is 20.7. The zero-order valence-corrected chi connectivity index (χ0v) is 13.7. The van der Waals surface area contributed by atoms with Gasteiger partial charge in [0, 0.05) is 16.9 Å². The first kappa shape index (κ1) is 15.9. The summed E-state index contributed by atoms with van der Waals surface area (Å²) in [6.07, 6.45) is 0. The minimum absolute atomic E-state index is 0.116. The molecule has 26 heavy (non-hydrogen) atoms. The van der Waals surface area contributed by atoms with Gasteiger partial charge >= 0.3 is 11.9 Å². The van der Waals surface area contributed by atoms with E-state index in [9.17, 15) is 14.4 Å². The topological polar surface area (TPSA) is 93.7 Å². The van der Waals surface area contributed by atoms with Crippen molar-refractivity contribution in [1.82, 2.24) is 0 Å².